The fraction of sp³-hybridized carbons (Fsp3) is 0.154. The zero-order valence-corrected chi connectivity index (χ0v) is 9.15. The third-order valence-electron chi connectivity index (χ3n) is 2.17. The van der Waals surface area contributed by atoms with Crippen molar-refractivity contribution in [1.82, 2.24) is 4.57 Å². The summed E-state index contributed by atoms with van der Waals surface area (Å²) in [5.41, 5.74) is 1.22. The number of rotatable bonds is 0. The molecule has 0 aliphatic carbocycles. The molecular weight excluding hydrogens is 202 g/mol. The SMILES string of the molecule is Cc1cc(C#Cc2cccn2C)cc(=O)o1. The quantitative estimate of drug-likeness (QED) is 0.624. The Balaban J connectivity index is 2.38. The van der Waals surface area contributed by atoms with Gasteiger partial charge in [-0.3, -0.25) is 0 Å². The van der Waals surface area contributed by atoms with Gasteiger partial charge in [0.15, 0.2) is 0 Å². The number of aryl methyl sites for hydroxylation is 2. The maximum Gasteiger partial charge on any atom is 0.337 e. The normalized spacial score (nSPS) is 9.62. The molecule has 0 aromatic carbocycles. The van der Waals surface area contributed by atoms with Crippen molar-refractivity contribution in [2.75, 3.05) is 0 Å². The molecule has 0 saturated heterocycles. The van der Waals surface area contributed by atoms with Gasteiger partial charge in [-0.05, 0) is 31.0 Å². The van der Waals surface area contributed by atoms with Crippen LogP contribution in [0.2, 0.25) is 0 Å². The van der Waals surface area contributed by atoms with Crippen LogP contribution < -0.4 is 5.63 Å². The Morgan fingerprint density at radius 2 is 2.12 bits per heavy atom. The van der Waals surface area contributed by atoms with Crippen molar-refractivity contribution in [3.8, 4) is 11.8 Å². The Kier molecular flexibility index (Phi) is 2.65. The number of aromatic nitrogens is 1. The molecule has 0 amide bonds. The maximum absolute atomic E-state index is 11.1. The number of hydrogen-bond donors (Lipinski definition) is 0. The molecule has 3 nitrogen and oxygen atoms in total. The van der Waals surface area contributed by atoms with E-state index in [9.17, 15) is 4.79 Å². The summed E-state index contributed by atoms with van der Waals surface area (Å²) in [6.07, 6.45) is 1.93. The molecule has 2 aromatic rings. The molecule has 0 spiro atoms. The standard InChI is InChI=1S/C13H11NO2/c1-10-8-11(9-13(15)16-10)5-6-12-4-3-7-14(12)2/h3-4,7-9H,1-2H3. The monoisotopic (exact) mass is 213 g/mol. The molecule has 0 unspecified atom stereocenters. The van der Waals surface area contributed by atoms with E-state index in [1.165, 1.54) is 6.07 Å². The van der Waals surface area contributed by atoms with Gasteiger partial charge in [-0.15, -0.1) is 0 Å². The maximum atomic E-state index is 11.1. The highest BCUT2D eigenvalue weighted by Crippen LogP contribution is 2.00. The molecular formula is C13H11NO2. The van der Waals surface area contributed by atoms with Gasteiger partial charge in [-0.1, -0.05) is 5.92 Å². The number of hydrogen-bond acceptors (Lipinski definition) is 2. The van der Waals surface area contributed by atoms with E-state index in [-0.39, 0.29) is 5.63 Å². The lowest BCUT2D eigenvalue weighted by Gasteiger charge is -1.93. The average molecular weight is 213 g/mol. The van der Waals surface area contributed by atoms with Gasteiger partial charge in [0.25, 0.3) is 0 Å². The van der Waals surface area contributed by atoms with E-state index in [1.54, 1.807) is 13.0 Å². The van der Waals surface area contributed by atoms with E-state index in [0.29, 0.717) is 11.3 Å². The molecule has 0 aliphatic rings. The molecule has 0 saturated carbocycles. The molecule has 0 atom stereocenters. The summed E-state index contributed by atoms with van der Waals surface area (Å²) in [5, 5.41) is 0. The molecule has 80 valence electrons. The highest BCUT2D eigenvalue weighted by Gasteiger charge is 1.95. The van der Waals surface area contributed by atoms with Crippen LogP contribution >= 0.6 is 0 Å². The molecule has 16 heavy (non-hydrogen) atoms. The summed E-state index contributed by atoms with van der Waals surface area (Å²) in [5.74, 6) is 6.51. The first-order chi connectivity index (χ1) is 7.65. The first-order valence-electron chi connectivity index (χ1n) is 4.90. The molecule has 0 radical (unpaired) electrons. The van der Waals surface area contributed by atoms with Crippen molar-refractivity contribution in [3.05, 3.63) is 57.9 Å². The smallest absolute Gasteiger partial charge is 0.337 e. The summed E-state index contributed by atoms with van der Waals surface area (Å²) in [6.45, 7) is 1.73. The van der Waals surface area contributed by atoms with E-state index >= 15 is 0 Å². The third-order valence-corrected chi connectivity index (χ3v) is 2.17. The minimum atomic E-state index is -0.365. The molecule has 0 fully saturated rings. The van der Waals surface area contributed by atoms with Gasteiger partial charge in [0.1, 0.15) is 5.76 Å². The van der Waals surface area contributed by atoms with Crippen molar-refractivity contribution >= 4 is 0 Å². The molecule has 2 aromatic heterocycles. The number of nitrogens with zero attached hydrogens (tertiary/aromatic N) is 1. The predicted molar refractivity (Wildman–Crippen MR) is 61.1 cm³/mol. The first-order valence-corrected chi connectivity index (χ1v) is 4.90. The Morgan fingerprint density at radius 3 is 2.75 bits per heavy atom. The van der Waals surface area contributed by atoms with Gasteiger partial charge in [0.2, 0.25) is 0 Å². The Bertz CT molecular complexity index is 623. The molecule has 0 aliphatic heterocycles. The lowest BCUT2D eigenvalue weighted by molar-refractivity contribution is 0.479. The van der Waals surface area contributed by atoms with Crippen molar-refractivity contribution in [1.29, 1.82) is 0 Å². The average Bonchev–Trinajstić information content (AvgIpc) is 2.59. The second-order valence-corrected chi connectivity index (χ2v) is 3.53. The fourth-order valence-corrected chi connectivity index (χ4v) is 1.40. The minimum absolute atomic E-state index is 0.365. The Hall–Kier alpha value is -2.21. The molecule has 3 heteroatoms. The van der Waals surface area contributed by atoms with E-state index in [4.69, 9.17) is 4.42 Å². The summed E-state index contributed by atoms with van der Waals surface area (Å²) in [6, 6.07) is 6.99. The van der Waals surface area contributed by atoms with Crippen LogP contribution in [0.1, 0.15) is 17.0 Å². The molecule has 0 bridgehead atoms. The summed E-state index contributed by atoms with van der Waals surface area (Å²) < 4.78 is 6.77. The Labute approximate surface area is 93.3 Å². The fourth-order valence-electron chi connectivity index (χ4n) is 1.40. The van der Waals surface area contributed by atoms with Gasteiger partial charge in [-0.2, -0.15) is 0 Å². The van der Waals surface area contributed by atoms with Gasteiger partial charge < -0.3 is 8.98 Å². The van der Waals surface area contributed by atoms with Crippen molar-refractivity contribution in [2.45, 2.75) is 6.92 Å². The van der Waals surface area contributed by atoms with E-state index in [2.05, 4.69) is 11.8 Å². The van der Waals surface area contributed by atoms with E-state index in [0.717, 1.165) is 5.69 Å². The first kappa shape index (κ1) is 10.3. The van der Waals surface area contributed by atoms with Crippen molar-refractivity contribution < 1.29 is 4.42 Å². The van der Waals surface area contributed by atoms with Crippen molar-refractivity contribution in [2.24, 2.45) is 7.05 Å². The minimum Gasteiger partial charge on any atom is -0.428 e. The van der Waals surface area contributed by atoms with Gasteiger partial charge >= 0.3 is 5.63 Å². The second kappa shape index (κ2) is 4.11. The summed E-state index contributed by atoms with van der Waals surface area (Å²) >= 11 is 0. The van der Waals surface area contributed by atoms with Crippen LogP contribution in [-0.4, -0.2) is 4.57 Å². The molecule has 2 heterocycles. The highest BCUT2D eigenvalue weighted by atomic mass is 16.4. The van der Waals surface area contributed by atoms with E-state index in [1.807, 2.05) is 29.9 Å². The van der Waals surface area contributed by atoms with Crippen LogP contribution in [-0.2, 0) is 7.05 Å². The predicted octanol–water partition coefficient (Wildman–Crippen LogP) is 1.69. The van der Waals surface area contributed by atoms with Crippen molar-refractivity contribution in [3.63, 3.8) is 0 Å². The van der Waals surface area contributed by atoms with Crippen LogP contribution in [0, 0.1) is 18.8 Å². The van der Waals surface area contributed by atoms with Gasteiger partial charge in [-0.25, -0.2) is 4.79 Å². The van der Waals surface area contributed by atoms with Crippen LogP contribution in [0.5, 0.6) is 0 Å². The zero-order valence-electron chi connectivity index (χ0n) is 9.15. The van der Waals surface area contributed by atoms with Crippen LogP contribution in [0.25, 0.3) is 0 Å². The lowest BCUT2D eigenvalue weighted by atomic mass is 10.2. The lowest BCUT2D eigenvalue weighted by Crippen LogP contribution is -1.98. The summed E-state index contributed by atoms with van der Waals surface area (Å²) in [4.78, 5) is 11.1. The van der Waals surface area contributed by atoms with E-state index < -0.39 is 0 Å². The molecule has 0 N–H and O–H groups in total. The van der Waals surface area contributed by atoms with Crippen LogP contribution in [0.15, 0.2) is 39.7 Å². The third kappa shape index (κ3) is 2.23. The second-order valence-electron chi connectivity index (χ2n) is 3.53. The Morgan fingerprint density at radius 1 is 1.31 bits per heavy atom. The van der Waals surface area contributed by atoms with Crippen LogP contribution in [0.3, 0.4) is 0 Å². The topological polar surface area (TPSA) is 35.1 Å². The van der Waals surface area contributed by atoms with Crippen LogP contribution in [0.4, 0.5) is 0 Å². The van der Waals surface area contributed by atoms with Gasteiger partial charge in [0.05, 0.1) is 5.69 Å². The zero-order chi connectivity index (χ0) is 11.5. The highest BCUT2D eigenvalue weighted by molar-refractivity contribution is 5.40. The molecule has 2 rings (SSSR count). The summed E-state index contributed by atoms with van der Waals surface area (Å²) in [7, 11) is 1.93. The largest absolute Gasteiger partial charge is 0.428 e. The van der Waals surface area contributed by atoms with Gasteiger partial charge in [0, 0.05) is 24.9 Å².